The average molecular weight is 243 g/mol. The van der Waals surface area contributed by atoms with Gasteiger partial charge in [-0.05, 0) is 6.92 Å². The minimum absolute atomic E-state index is 0.150. The number of amides is 2. The van der Waals surface area contributed by atoms with Crippen LogP contribution in [0.15, 0.2) is 6.20 Å². The molecule has 0 spiro atoms. The molecule has 2 unspecified atom stereocenters. The number of urea groups is 1. The predicted molar refractivity (Wildman–Crippen MR) is 59.5 cm³/mol. The molecule has 0 aromatic carbocycles. The molecular weight excluding hydrogens is 230 g/mol. The van der Waals surface area contributed by atoms with Crippen LogP contribution in [0.5, 0.6) is 0 Å². The summed E-state index contributed by atoms with van der Waals surface area (Å²) in [6.45, 7) is 2.20. The Morgan fingerprint density at radius 3 is 2.69 bits per heavy atom. The van der Waals surface area contributed by atoms with Crippen molar-refractivity contribution in [3.63, 3.8) is 0 Å². The molecule has 1 saturated heterocycles. The van der Waals surface area contributed by atoms with Crippen LogP contribution in [0, 0.1) is 6.92 Å². The summed E-state index contributed by atoms with van der Waals surface area (Å²) in [6.07, 6.45) is -0.0407. The number of carbonyl (C=O) groups excluding carboxylic acids is 1. The lowest BCUT2D eigenvalue weighted by Gasteiger charge is -2.14. The fourth-order valence-electron chi connectivity index (χ4n) is 1.52. The monoisotopic (exact) mass is 243 g/mol. The van der Waals surface area contributed by atoms with E-state index in [4.69, 9.17) is 0 Å². The van der Waals surface area contributed by atoms with Crippen LogP contribution in [0.2, 0.25) is 0 Å². The standard InChI is InChI=1S/C9H13N3O3S/c1-5-2-10-8(16-5)11-9(15)12-3-6(13)7(14)4-12/h2,6-7,13-14H,3-4H2,1H3,(H,10,11,15). The lowest BCUT2D eigenvalue weighted by molar-refractivity contribution is 0.0572. The molecule has 88 valence electrons. The first-order chi connectivity index (χ1) is 7.56. The van der Waals surface area contributed by atoms with E-state index < -0.39 is 12.2 Å². The quantitative estimate of drug-likeness (QED) is 0.649. The Labute approximate surface area is 96.5 Å². The number of rotatable bonds is 1. The van der Waals surface area contributed by atoms with E-state index in [9.17, 15) is 15.0 Å². The third kappa shape index (κ3) is 2.31. The number of aliphatic hydroxyl groups excluding tert-OH is 2. The lowest BCUT2D eigenvalue weighted by atomic mass is 10.3. The topological polar surface area (TPSA) is 85.7 Å². The highest BCUT2D eigenvalue weighted by atomic mass is 32.1. The van der Waals surface area contributed by atoms with Gasteiger partial charge in [-0.1, -0.05) is 0 Å². The summed E-state index contributed by atoms with van der Waals surface area (Å²) in [6, 6.07) is -0.343. The first kappa shape index (κ1) is 11.3. The molecule has 3 N–H and O–H groups in total. The SMILES string of the molecule is Cc1cnc(NC(=O)N2CC(O)C(O)C2)s1. The van der Waals surface area contributed by atoms with E-state index in [1.54, 1.807) is 6.20 Å². The highest BCUT2D eigenvalue weighted by molar-refractivity contribution is 7.15. The second-order valence-electron chi connectivity index (χ2n) is 3.75. The van der Waals surface area contributed by atoms with E-state index in [1.807, 2.05) is 6.92 Å². The Morgan fingerprint density at radius 1 is 1.56 bits per heavy atom. The van der Waals surface area contributed by atoms with Crippen molar-refractivity contribution in [1.29, 1.82) is 0 Å². The van der Waals surface area contributed by atoms with E-state index in [-0.39, 0.29) is 19.1 Å². The van der Waals surface area contributed by atoms with Gasteiger partial charge in [0.25, 0.3) is 0 Å². The van der Waals surface area contributed by atoms with Crippen LogP contribution < -0.4 is 5.32 Å². The number of aromatic nitrogens is 1. The molecule has 2 heterocycles. The number of hydrogen-bond donors (Lipinski definition) is 3. The number of carbonyl (C=O) groups is 1. The normalized spacial score (nSPS) is 24.8. The second kappa shape index (κ2) is 4.36. The molecule has 2 amide bonds. The summed E-state index contributed by atoms with van der Waals surface area (Å²) in [7, 11) is 0. The fourth-order valence-corrected chi connectivity index (χ4v) is 2.17. The maximum atomic E-state index is 11.7. The largest absolute Gasteiger partial charge is 0.388 e. The Hall–Kier alpha value is -1.18. The van der Waals surface area contributed by atoms with Crippen molar-refractivity contribution in [3.8, 4) is 0 Å². The van der Waals surface area contributed by atoms with E-state index in [0.717, 1.165) is 4.88 Å². The molecule has 1 aromatic rings. The molecule has 6 nitrogen and oxygen atoms in total. The Morgan fingerprint density at radius 2 is 2.19 bits per heavy atom. The van der Waals surface area contributed by atoms with Crippen LogP contribution in [-0.2, 0) is 0 Å². The maximum Gasteiger partial charge on any atom is 0.323 e. The number of nitrogens with zero attached hydrogens (tertiary/aromatic N) is 2. The number of aliphatic hydroxyl groups is 2. The summed E-state index contributed by atoms with van der Waals surface area (Å²) in [4.78, 5) is 18.1. The molecule has 1 aliphatic rings. The van der Waals surface area contributed by atoms with Gasteiger partial charge in [0.1, 0.15) is 0 Å². The Kier molecular flexibility index (Phi) is 3.08. The number of likely N-dealkylation sites (tertiary alicyclic amines) is 1. The molecule has 2 rings (SSSR count). The van der Waals surface area contributed by atoms with Crippen molar-refractivity contribution >= 4 is 22.5 Å². The van der Waals surface area contributed by atoms with Gasteiger partial charge in [-0.15, -0.1) is 11.3 Å². The average Bonchev–Trinajstić information content (AvgIpc) is 2.75. The zero-order valence-electron chi connectivity index (χ0n) is 8.75. The first-order valence-electron chi connectivity index (χ1n) is 4.91. The summed E-state index contributed by atoms with van der Waals surface area (Å²) in [5, 5.41) is 21.7. The highest BCUT2D eigenvalue weighted by Gasteiger charge is 2.32. The lowest BCUT2D eigenvalue weighted by Crippen LogP contribution is -2.33. The van der Waals surface area contributed by atoms with Gasteiger partial charge < -0.3 is 15.1 Å². The summed E-state index contributed by atoms with van der Waals surface area (Å²) in [5.74, 6) is 0. The molecule has 0 bridgehead atoms. The van der Waals surface area contributed by atoms with Crippen molar-refractivity contribution in [2.75, 3.05) is 18.4 Å². The number of β-amino-alcohol motifs (C(OH)–C–C–N with tert-alkyl or cyclic N) is 2. The summed E-state index contributed by atoms with van der Waals surface area (Å²) < 4.78 is 0. The third-order valence-electron chi connectivity index (χ3n) is 2.38. The molecule has 7 heteroatoms. The first-order valence-corrected chi connectivity index (χ1v) is 5.72. The van der Waals surface area contributed by atoms with E-state index in [0.29, 0.717) is 5.13 Å². The van der Waals surface area contributed by atoms with Crippen molar-refractivity contribution in [3.05, 3.63) is 11.1 Å². The van der Waals surface area contributed by atoms with Crippen molar-refractivity contribution in [1.82, 2.24) is 9.88 Å². The van der Waals surface area contributed by atoms with Gasteiger partial charge in [-0.3, -0.25) is 5.32 Å². The number of thiazole rings is 1. The van der Waals surface area contributed by atoms with Crippen LogP contribution in [0.4, 0.5) is 9.93 Å². The van der Waals surface area contributed by atoms with Gasteiger partial charge in [0.15, 0.2) is 5.13 Å². The van der Waals surface area contributed by atoms with Gasteiger partial charge in [-0.25, -0.2) is 9.78 Å². The van der Waals surface area contributed by atoms with Crippen molar-refractivity contribution in [2.24, 2.45) is 0 Å². The number of nitrogens with one attached hydrogen (secondary N) is 1. The Balaban J connectivity index is 1.94. The van der Waals surface area contributed by atoms with Gasteiger partial charge >= 0.3 is 6.03 Å². The third-order valence-corrected chi connectivity index (χ3v) is 3.21. The smallest absolute Gasteiger partial charge is 0.323 e. The number of hydrogen-bond acceptors (Lipinski definition) is 5. The summed E-state index contributed by atoms with van der Waals surface area (Å²) >= 11 is 1.38. The molecule has 2 atom stereocenters. The molecule has 1 aliphatic heterocycles. The van der Waals surface area contributed by atoms with Crippen LogP contribution in [0.3, 0.4) is 0 Å². The van der Waals surface area contributed by atoms with Crippen LogP contribution in [0.25, 0.3) is 0 Å². The van der Waals surface area contributed by atoms with Crippen LogP contribution >= 0.6 is 11.3 Å². The zero-order chi connectivity index (χ0) is 11.7. The number of anilines is 1. The van der Waals surface area contributed by atoms with Crippen molar-refractivity contribution < 1.29 is 15.0 Å². The second-order valence-corrected chi connectivity index (χ2v) is 4.98. The van der Waals surface area contributed by atoms with Gasteiger partial charge in [0, 0.05) is 11.1 Å². The number of aryl methyl sites for hydroxylation is 1. The molecule has 0 radical (unpaired) electrons. The molecule has 1 aromatic heterocycles. The zero-order valence-corrected chi connectivity index (χ0v) is 9.57. The van der Waals surface area contributed by atoms with E-state index >= 15 is 0 Å². The maximum absolute atomic E-state index is 11.7. The Bertz CT molecular complexity index is 385. The fraction of sp³-hybridized carbons (Fsp3) is 0.556. The van der Waals surface area contributed by atoms with Crippen LogP contribution in [0.1, 0.15) is 4.88 Å². The minimum atomic E-state index is -0.858. The minimum Gasteiger partial charge on any atom is -0.388 e. The van der Waals surface area contributed by atoms with Gasteiger partial charge in [-0.2, -0.15) is 0 Å². The van der Waals surface area contributed by atoms with Crippen molar-refractivity contribution in [2.45, 2.75) is 19.1 Å². The molecule has 0 aliphatic carbocycles. The molecule has 16 heavy (non-hydrogen) atoms. The van der Waals surface area contributed by atoms with E-state index in [1.165, 1.54) is 16.2 Å². The summed E-state index contributed by atoms with van der Waals surface area (Å²) in [5.41, 5.74) is 0. The highest BCUT2D eigenvalue weighted by Crippen LogP contribution is 2.18. The van der Waals surface area contributed by atoms with Crippen LogP contribution in [-0.4, -0.2) is 51.4 Å². The van der Waals surface area contributed by atoms with Gasteiger partial charge in [0.05, 0.1) is 25.3 Å². The molecule has 0 saturated carbocycles. The molecule has 1 fully saturated rings. The van der Waals surface area contributed by atoms with Gasteiger partial charge in [0.2, 0.25) is 0 Å². The van der Waals surface area contributed by atoms with E-state index in [2.05, 4.69) is 10.3 Å². The predicted octanol–water partition coefficient (Wildman–Crippen LogP) is 0.0208. The molecular formula is C9H13N3O3S.